The number of carbonyl (C=O) groups excluding carboxylic acids is 1. The molecule has 8 nitrogen and oxygen atoms in total. The summed E-state index contributed by atoms with van der Waals surface area (Å²) in [6.07, 6.45) is -3.36. The van der Waals surface area contributed by atoms with Crippen LogP contribution in [0.2, 0.25) is 0 Å². The van der Waals surface area contributed by atoms with E-state index in [0.29, 0.717) is 17.8 Å². The van der Waals surface area contributed by atoms with Crippen LogP contribution < -0.4 is 15.5 Å². The molecule has 38 heavy (non-hydrogen) atoms. The third-order valence-electron chi connectivity index (χ3n) is 5.79. The number of halogens is 6. The van der Waals surface area contributed by atoms with E-state index in [1.54, 1.807) is 32.1 Å². The van der Waals surface area contributed by atoms with Crippen molar-refractivity contribution in [3.63, 3.8) is 0 Å². The molecule has 1 saturated heterocycles. The van der Waals surface area contributed by atoms with Crippen molar-refractivity contribution >= 4 is 23.2 Å². The summed E-state index contributed by atoms with van der Waals surface area (Å²) in [5, 5.41) is 10.1. The average molecular weight is 537 g/mol. The van der Waals surface area contributed by atoms with E-state index >= 15 is 0 Å². The predicted octanol–water partition coefficient (Wildman–Crippen LogP) is 5.20. The van der Waals surface area contributed by atoms with Gasteiger partial charge in [-0.25, -0.2) is 4.52 Å². The van der Waals surface area contributed by atoms with E-state index in [1.807, 2.05) is 0 Å². The third-order valence-corrected chi connectivity index (χ3v) is 5.79. The number of fused-ring (bicyclic) bond motifs is 1. The molecular weight excluding hydrogens is 516 g/mol. The Labute approximate surface area is 212 Å². The summed E-state index contributed by atoms with van der Waals surface area (Å²) >= 11 is 0. The maximum atomic E-state index is 13.0. The van der Waals surface area contributed by atoms with E-state index in [0.717, 1.165) is 17.7 Å². The highest BCUT2D eigenvalue weighted by Gasteiger charge is 2.53. The maximum Gasteiger partial charge on any atom is 0.491 e. The number of benzene rings is 1. The lowest BCUT2D eigenvalue weighted by Crippen LogP contribution is -2.48. The first-order valence-electron chi connectivity index (χ1n) is 11.1. The van der Waals surface area contributed by atoms with Crippen molar-refractivity contribution in [3.8, 4) is 11.3 Å². The lowest BCUT2D eigenvalue weighted by atomic mass is 9.85. The van der Waals surface area contributed by atoms with Gasteiger partial charge in [-0.05, 0) is 37.6 Å². The summed E-state index contributed by atoms with van der Waals surface area (Å²) in [6.45, 7) is 7.50. The molecule has 4 rings (SSSR count). The van der Waals surface area contributed by atoms with Crippen LogP contribution in [0.15, 0.2) is 72.7 Å². The van der Waals surface area contributed by atoms with Gasteiger partial charge in [0.1, 0.15) is 5.69 Å². The van der Waals surface area contributed by atoms with Crippen LogP contribution in [0.25, 0.3) is 16.9 Å². The van der Waals surface area contributed by atoms with Gasteiger partial charge in [0.15, 0.2) is 5.65 Å². The summed E-state index contributed by atoms with van der Waals surface area (Å²) in [4.78, 5) is 19.2. The van der Waals surface area contributed by atoms with E-state index in [1.165, 1.54) is 16.9 Å². The summed E-state index contributed by atoms with van der Waals surface area (Å²) in [5.41, 5.74) is 0.224. The van der Waals surface area contributed by atoms with Crippen molar-refractivity contribution in [3.05, 3.63) is 72.7 Å². The number of carbonyl (C=O) groups is 1. The molecule has 1 aliphatic heterocycles. The van der Waals surface area contributed by atoms with Crippen LogP contribution in [-0.4, -0.2) is 44.6 Å². The number of anilines is 2. The predicted molar refractivity (Wildman–Crippen MR) is 128 cm³/mol. The Morgan fingerprint density at radius 2 is 1.79 bits per heavy atom. The van der Waals surface area contributed by atoms with Gasteiger partial charge in [0.25, 0.3) is 0 Å². The van der Waals surface area contributed by atoms with Gasteiger partial charge in [0.05, 0.1) is 11.1 Å². The Hall–Kier alpha value is -4.36. The summed E-state index contributed by atoms with van der Waals surface area (Å²) in [6, 6.07) is 3.59. The molecule has 1 aliphatic rings. The largest absolute Gasteiger partial charge is 0.491 e. The smallest absolute Gasteiger partial charge is 0.349 e. The van der Waals surface area contributed by atoms with E-state index in [2.05, 4.69) is 32.3 Å². The number of allylic oxidation sites excluding steroid dienone is 3. The van der Waals surface area contributed by atoms with Crippen LogP contribution in [0.3, 0.4) is 0 Å². The first-order valence-corrected chi connectivity index (χ1v) is 11.1. The highest BCUT2D eigenvalue weighted by atomic mass is 19.4. The Kier molecular flexibility index (Phi) is 6.68. The van der Waals surface area contributed by atoms with Gasteiger partial charge in [-0.3, -0.25) is 9.78 Å². The second kappa shape index (κ2) is 9.50. The van der Waals surface area contributed by atoms with E-state index in [4.69, 9.17) is 0 Å². The van der Waals surface area contributed by atoms with Crippen molar-refractivity contribution in [1.29, 1.82) is 0 Å². The Morgan fingerprint density at radius 3 is 2.39 bits per heavy atom. The number of nitrogens with one attached hydrogen (secondary N) is 2. The maximum absolute atomic E-state index is 13.0. The molecule has 1 fully saturated rings. The van der Waals surface area contributed by atoms with E-state index in [-0.39, 0.29) is 35.3 Å². The monoisotopic (exact) mass is 537 g/mol. The van der Waals surface area contributed by atoms with E-state index < -0.39 is 28.6 Å². The van der Waals surface area contributed by atoms with Crippen LogP contribution in [0, 0.1) is 5.41 Å². The zero-order valence-corrected chi connectivity index (χ0v) is 20.0. The highest BCUT2D eigenvalue weighted by Crippen LogP contribution is 2.39. The molecular formula is C24H21F6N7O. The minimum absolute atomic E-state index is 0.155. The first kappa shape index (κ1) is 26.7. The number of alkyl halides is 6. The molecule has 1 amide bonds. The van der Waals surface area contributed by atoms with Crippen LogP contribution in [0.4, 0.5) is 38.0 Å². The fraction of sp³-hybridized carbons (Fsp3) is 0.250. The second-order valence-corrected chi connectivity index (χ2v) is 8.69. The number of rotatable bonds is 6. The zero-order valence-electron chi connectivity index (χ0n) is 20.0. The number of hydrogen-bond donors (Lipinski definition) is 2. The molecule has 3 aromatic rings. The van der Waals surface area contributed by atoms with Crippen LogP contribution in [0.1, 0.15) is 13.8 Å². The Bertz CT molecular complexity index is 1420. The van der Waals surface area contributed by atoms with Gasteiger partial charge >= 0.3 is 12.6 Å². The molecule has 0 bridgehead atoms. The molecule has 0 aliphatic carbocycles. The van der Waals surface area contributed by atoms with E-state index in [9.17, 15) is 31.1 Å². The molecule has 0 atom stereocenters. The fourth-order valence-electron chi connectivity index (χ4n) is 3.93. The van der Waals surface area contributed by atoms with Crippen molar-refractivity contribution in [2.24, 2.45) is 5.41 Å². The number of amides is 1. The van der Waals surface area contributed by atoms with Gasteiger partial charge in [0, 0.05) is 30.2 Å². The van der Waals surface area contributed by atoms with Crippen molar-refractivity contribution in [2.75, 3.05) is 16.8 Å². The number of hydrogen-bond acceptors (Lipinski definition) is 6. The van der Waals surface area contributed by atoms with Gasteiger partial charge in [-0.2, -0.15) is 9.88 Å². The van der Waals surface area contributed by atoms with Gasteiger partial charge in [-0.15, -0.1) is 31.4 Å². The fourth-order valence-corrected chi connectivity index (χ4v) is 3.93. The molecule has 14 heteroatoms. The lowest BCUT2D eigenvalue weighted by Gasteiger charge is -2.28. The molecule has 2 N–H and O–H groups in total. The molecule has 200 valence electrons. The summed E-state index contributed by atoms with van der Waals surface area (Å²) in [7, 11) is 0. The molecule has 2 aromatic heterocycles. The minimum atomic E-state index is -5.65. The third kappa shape index (κ3) is 5.06. The Balaban J connectivity index is 1.58. The zero-order chi connectivity index (χ0) is 27.9. The Morgan fingerprint density at radius 1 is 1.13 bits per heavy atom. The first-order chi connectivity index (χ1) is 17.7. The highest BCUT2D eigenvalue weighted by molar-refractivity contribution is 5.93. The minimum Gasteiger partial charge on any atom is -0.349 e. The lowest BCUT2D eigenvalue weighted by molar-refractivity contribution is -0.226. The summed E-state index contributed by atoms with van der Waals surface area (Å²) in [5.74, 6) is 0.0314. The van der Waals surface area contributed by atoms with Gasteiger partial charge in [0.2, 0.25) is 11.9 Å². The quantitative estimate of drug-likeness (QED) is 0.332. The molecule has 0 radical (unpaired) electrons. The number of nitrogens with zero attached hydrogens (tertiary/aromatic N) is 5. The van der Waals surface area contributed by atoms with Gasteiger partial charge < -0.3 is 10.6 Å². The molecule has 0 saturated carbocycles. The van der Waals surface area contributed by atoms with Crippen LogP contribution in [-0.2, 0) is 4.79 Å². The average Bonchev–Trinajstić information content (AvgIpc) is 3.31. The van der Waals surface area contributed by atoms with Crippen molar-refractivity contribution in [2.45, 2.75) is 26.4 Å². The second-order valence-electron chi connectivity index (χ2n) is 8.69. The SMILES string of the molecule is C=CC=C1/C(=C\CNc2nc3c(-c4ccc(N(C(F)(F)F)C(F)(F)F)cc4)nccn3n2)NC(=O)C1(C)C. The van der Waals surface area contributed by atoms with Gasteiger partial charge in [-0.1, -0.05) is 30.9 Å². The van der Waals surface area contributed by atoms with Crippen LogP contribution >= 0.6 is 0 Å². The molecule has 0 spiro atoms. The summed E-state index contributed by atoms with van der Waals surface area (Å²) < 4.78 is 79.3. The topological polar surface area (TPSA) is 87.5 Å². The van der Waals surface area contributed by atoms with Crippen molar-refractivity contribution in [1.82, 2.24) is 24.9 Å². The molecule has 1 aromatic carbocycles. The number of aromatic nitrogens is 4. The molecule has 0 unspecified atom stereocenters. The van der Waals surface area contributed by atoms with Crippen LogP contribution in [0.5, 0.6) is 0 Å². The normalized spacial score (nSPS) is 17.7. The molecule has 3 heterocycles. The standard InChI is InChI=1S/C24H21F6N7O/c1-4-5-16-17(33-20(38)22(16,2)3)10-11-32-21-34-19-18(31-12-13-36(19)35-21)14-6-8-15(9-7-14)37(23(25,26)27)24(28,29)30/h4-10,12-13H,1,11H2,2-3H3,(H,32,35)(H,33,38)/b16-5?,17-10+. The van der Waals surface area contributed by atoms with Crippen molar-refractivity contribution < 1.29 is 31.1 Å².